The van der Waals surface area contributed by atoms with E-state index in [1.807, 2.05) is 0 Å². The van der Waals surface area contributed by atoms with Crippen molar-refractivity contribution in [3.63, 3.8) is 0 Å². The van der Waals surface area contributed by atoms with Crippen molar-refractivity contribution in [2.24, 2.45) is 0 Å². The quantitative estimate of drug-likeness (QED) is 0.841. The van der Waals surface area contributed by atoms with Gasteiger partial charge in [0.2, 0.25) is 0 Å². The van der Waals surface area contributed by atoms with Crippen LogP contribution < -0.4 is 9.47 Å². The second-order valence-corrected chi connectivity index (χ2v) is 3.87. The first-order chi connectivity index (χ1) is 8.56. The molecule has 0 spiro atoms. The molecule has 18 heavy (non-hydrogen) atoms. The number of benzene rings is 1. The van der Waals surface area contributed by atoms with Gasteiger partial charge in [-0.1, -0.05) is 6.07 Å². The minimum Gasteiger partial charge on any atom is -0.493 e. The molecule has 1 atom stereocenters. The van der Waals surface area contributed by atoms with E-state index in [-0.39, 0.29) is 0 Å². The van der Waals surface area contributed by atoms with Crippen LogP contribution in [0.5, 0.6) is 11.5 Å². The molecule has 1 aromatic rings. The van der Waals surface area contributed by atoms with Crippen LogP contribution in [-0.4, -0.2) is 32.4 Å². The van der Waals surface area contributed by atoms with E-state index in [0.29, 0.717) is 23.7 Å². The number of aliphatic carboxylic acids is 1. The number of hydrogen-bond donors (Lipinski definition) is 1. The van der Waals surface area contributed by atoms with Crippen molar-refractivity contribution in [2.75, 3.05) is 21.3 Å². The molecular formula is C13H18O5. The highest BCUT2D eigenvalue weighted by Crippen LogP contribution is 2.38. The maximum absolute atomic E-state index is 11.2. The fourth-order valence-corrected chi connectivity index (χ4v) is 1.87. The summed E-state index contributed by atoms with van der Waals surface area (Å²) in [6.07, 6.45) is 0. The lowest BCUT2D eigenvalue weighted by Gasteiger charge is -2.19. The number of carboxylic acids is 1. The van der Waals surface area contributed by atoms with Crippen LogP contribution in [0.25, 0.3) is 0 Å². The van der Waals surface area contributed by atoms with Crippen molar-refractivity contribution >= 4 is 5.97 Å². The summed E-state index contributed by atoms with van der Waals surface area (Å²) >= 11 is 0. The molecule has 0 fully saturated rings. The smallest absolute Gasteiger partial charge is 0.310 e. The molecule has 0 aliphatic heterocycles. The summed E-state index contributed by atoms with van der Waals surface area (Å²) in [5, 5.41) is 9.17. The van der Waals surface area contributed by atoms with E-state index in [9.17, 15) is 9.90 Å². The standard InChI is InChI=1S/C13H18O5/c1-8(13(14)15)11-9(7-16-2)5-6-10(17-3)12(11)18-4/h5-6,8H,7H2,1-4H3,(H,14,15). The van der Waals surface area contributed by atoms with Gasteiger partial charge in [0.15, 0.2) is 11.5 Å². The highest BCUT2D eigenvalue weighted by molar-refractivity contribution is 5.78. The molecule has 1 aromatic carbocycles. The van der Waals surface area contributed by atoms with Crippen molar-refractivity contribution in [2.45, 2.75) is 19.4 Å². The number of methoxy groups -OCH3 is 3. The zero-order valence-electron chi connectivity index (χ0n) is 11.0. The maximum atomic E-state index is 11.2. The number of ether oxygens (including phenoxy) is 3. The Morgan fingerprint density at radius 1 is 1.28 bits per heavy atom. The van der Waals surface area contributed by atoms with Gasteiger partial charge in [0, 0.05) is 12.7 Å². The second-order valence-electron chi connectivity index (χ2n) is 3.87. The van der Waals surface area contributed by atoms with Crippen LogP contribution in [0.3, 0.4) is 0 Å². The number of carbonyl (C=O) groups is 1. The van der Waals surface area contributed by atoms with Gasteiger partial charge >= 0.3 is 5.97 Å². The van der Waals surface area contributed by atoms with Gasteiger partial charge in [-0.2, -0.15) is 0 Å². The van der Waals surface area contributed by atoms with Gasteiger partial charge in [-0.15, -0.1) is 0 Å². The van der Waals surface area contributed by atoms with Crippen LogP contribution in [0.2, 0.25) is 0 Å². The largest absolute Gasteiger partial charge is 0.493 e. The summed E-state index contributed by atoms with van der Waals surface area (Å²) in [7, 11) is 4.57. The number of rotatable bonds is 6. The summed E-state index contributed by atoms with van der Waals surface area (Å²) < 4.78 is 15.5. The van der Waals surface area contributed by atoms with E-state index in [2.05, 4.69) is 0 Å². The molecule has 1 rings (SSSR count). The Labute approximate surface area is 106 Å². The highest BCUT2D eigenvalue weighted by atomic mass is 16.5. The SMILES string of the molecule is COCc1ccc(OC)c(OC)c1C(C)C(=O)O. The monoisotopic (exact) mass is 254 g/mol. The van der Waals surface area contributed by atoms with Gasteiger partial charge in [-0.3, -0.25) is 4.79 Å². The van der Waals surface area contributed by atoms with Crippen molar-refractivity contribution in [3.05, 3.63) is 23.3 Å². The molecule has 0 aromatic heterocycles. The molecule has 5 nitrogen and oxygen atoms in total. The van der Waals surface area contributed by atoms with E-state index >= 15 is 0 Å². The van der Waals surface area contributed by atoms with Gasteiger partial charge in [-0.05, 0) is 18.6 Å². The normalized spacial score (nSPS) is 12.0. The van der Waals surface area contributed by atoms with E-state index in [4.69, 9.17) is 14.2 Å². The van der Waals surface area contributed by atoms with Crippen LogP contribution in [-0.2, 0) is 16.1 Å². The molecule has 1 unspecified atom stereocenters. The molecular weight excluding hydrogens is 236 g/mol. The molecule has 0 saturated carbocycles. The fraction of sp³-hybridized carbons (Fsp3) is 0.462. The van der Waals surface area contributed by atoms with Crippen molar-refractivity contribution in [1.29, 1.82) is 0 Å². The van der Waals surface area contributed by atoms with E-state index in [1.165, 1.54) is 14.2 Å². The Balaban J connectivity index is 3.42. The number of hydrogen-bond acceptors (Lipinski definition) is 4. The zero-order valence-corrected chi connectivity index (χ0v) is 11.0. The Hall–Kier alpha value is -1.75. The highest BCUT2D eigenvalue weighted by Gasteiger charge is 2.24. The molecule has 0 heterocycles. The van der Waals surface area contributed by atoms with Gasteiger partial charge in [0.05, 0.1) is 26.7 Å². The van der Waals surface area contributed by atoms with Crippen molar-refractivity contribution in [3.8, 4) is 11.5 Å². The van der Waals surface area contributed by atoms with Crippen molar-refractivity contribution < 1.29 is 24.1 Å². The van der Waals surface area contributed by atoms with Crippen LogP contribution in [0.15, 0.2) is 12.1 Å². The second kappa shape index (κ2) is 6.26. The first-order valence-electron chi connectivity index (χ1n) is 5.52. The summed E-state index contributed by atoms with van der Waals surface area (Å²) in [6, 6.07) is 3.53. The summed E-state index contributed by atoms with van der Waals surface area (Å²) in [5.74, 6) is -0.651. The summed E-state index contributed by atoms with van der Waals surface area (Å²) in [4.78, 5) is 11.2. The van der Waals surface area contributed by atoms with Gasteiger partial charge in [0.25, 0.3) is 0 Å². The predicted molar refractivity (Wildman–Crippen MR) is 66.3 cm³/mol. The van der Waals surface area contributed by atoms with Crippen LogP contribution in [0, 0.1) is 0 Å². The third kappa shape index (κ3) is 2.73. The molecule has 0 radical (unpaired) electrons. The fourth-order valence-electron chi connectivity index (χ4n) is 1.87. The molecule has 0 aliphatic carbocycles. The third-order valence-corrected chi connectivity index (χ3v) is 2.78. The first kappa shape index (κ1) is 14.3. The van der Waals surface area contributed by atoms with Crippen LogP contribution in [0.1, 0.15) is 24.0 Å². The Morgan fingerprint density at radius 3 is 2.39 bits per heavy atom. The molecule has 0 amide bonds. The van der Waals surface area contributed by atoms with E-state index < -0.39 is 11.9 Å². The lowest BCUT2D eigenvalue weighted by atomic mass is 9.94. The Morgan fingerprint density at radius 2 is 1.94 bits per heavy atom. The molecule has 100 valence electrons. The summed E-state index contributed by atoms with van der Waals surface area (Å²) in [5.41, 5.74) is 1.37. The van der Waals surface area contributed by atoms with E-state index in [1.54, 1.807) is 26.2 Å². The minimum absolute atomic E-state index is 0.327. The van der Waals surface area contributed by atoms with Crippen LogP contribution >= 0.6 is 0 Å². The van der Waals surface area contributed by atoms with E-state index in [0.717, 1.165) is 5.56 Å². The molecule has 1 N–H and O–H groups in total. The van der Waals surface area contributed by atoms with Gasteiger partial charge in [0.1, 0.15) is 0 Å². The first-order valence-corrected chi connectivity index (χ1v) is 5.52. The summed E-state index contributed by atoms with van der Waals surface area (Å²) in [6.45, 7) is 1.94. The Bertz CT molecular complexity index is 428. The van der Waals surface area contributed by atoms with Crippen LogP contribution in [0.4, 0.5) is 0 Å². The Kier molecular flexibility index (Phi) is 4.97. The van der Waals surface area contributed by atoms with Crippen molar-refractivity contribution in [1.82, 2.24) is 0 Å². The van der Waals surface area contributed by atoms with Gasteiger partial charge < -0.3 is 19.3 Å². The molecule has 0 aliphatic rings. The molecule has 0 saturated heterocycles. The molecule has 0 bridgehead atoms. The molecule has 5 heteroatoms. The number of carboxylic acid groups (broad SMARTS) is 1. The predicted octanol–water partition coefficient (Wildman–Crippen LogP) is 2.04. The zero-order chi connectivity index (χ0) is 13.7. The average molecular weight is 254 g/mol. The average Bonchev–Trinajstić information content (AvgIpc) is 2.37. The topological polar surface area (TPSA) is 65.0 Å². The van der Waals surface area contributed by atoms with Gasteiger partial charge in [-0.25, -0.2) is 0 Å². The minimum atomic E-state index is -0.918. The third-order valence-electron chi connectivity index (χ3n) is 2.78. The maximum Gasteiger partial charge on any atom is 0.310 e. The lowest BCUT2D eigenvalue weighted by Crippen LogP contribution is -2.12. The lowest BCUT2D eigenvalue weighted by molar-refractivity contribution is -0.138.